The van der Waals surface area contributed by atoms with E-state index in [0.29, 0.717) is 0 Å². The third-order valence-electron chi connectivity index (χ3n) is 3.43. The lowest BCUT2D eigenvalue weighted by atomic mass is 9.93. The minimum atomic E-state index is 0.00620. The largest absolute Gasteiger partial charge is 0.338 e. The van der Waals surface area contributed by atoms with Gasteiger partial charge in [-0.05, 0) is 37.5 Å². The van der Waals surface area contributed by atoms with Crippen LogP contribution in [-0.4, -0.2) is 9.55 Å². The van der Waals surface area contributed by atoms with Crippen molar-refractivity contribution in [2.75, 3.05) is 0 Å². The monoisotopic (exact) mass is 243 g/mol. The van der Waals surface area contributed by atoms with Crippen molar-refractivity contribution < 1.29 is 0 Å². The Balaban J connectivity index is 2.29. The van der Waals surface area contributed by atoms with E-state index in [9.17, 15) is 0 Å². The lowest BCUT2D eigenvalue weighted by Gasteiger charge is -2.18. The maximum absolute atomic E-state index is 6.35. The lowest BCUT2D eigenvalue weighted by Crippen LogP contribution is -2.18. The Morgan fingerprint density at radius 1 is 1.22 bits per heavy atom. The molecule has 0 fully saturated rings. The van der Waals surface area contributed by atoms with Crippen LogP contribution in [0, 0.1) is 20.8 Å². The van der Waals surface area contributed by atoms with E-state index in [1.54, 1.807) is 0 Å². The highest BCUT2D eigenvalue weighted by atomic mass is 15.0. The first kappa shape index (κ1) is 12.8. The van der Waals surface area contributed by atoms with Crippen LogP contribution < -0.4 is 5.73 Å². The van der Waals surface area contributed by atoms with Crippen LogP contribution in [-0.2, 0) is 13.5 Å². The molecule has 0 amide bonds. The number of nitrogens with zero attached hydrogens (tertiary/aromatic N) is 2. The van der Waals surface area contributed by atoms with E-state index < -0.39 is 0 Å². The number of hydrogen-bond acceptors (Lipinski definition) is 2. The van der Waals surface area contributed by atoms with Crippen molar-refractivity contribution in [1.82, 2.24) is 9.55 Å². The van der Waals surface area contributed by atoms with Crippen LogP contribution in [0.4, 0.5) is 0 Å². The molecule has 3 nitrogen and oxygen atoms in total. The van der Waals surface area contributed by atoms with Crippen LogP contribution in [0.1, 0.15) is 34.1 Å². The predicted molar refractivity (Wildman–Crippen MR) is 74.5 cm³/mol. The van der Waals surface area contributed by atoms with Crippen molar-refractivity contribution in [1.29, 1.82) is 0 Å². The van der Waals surface area contributed by atoms with Crippen LogP contribution in [0.25, 0.3) is 0 Å². The Hall–Kier alpha value is -1.61. The van der Waals surface area contributed by atoms with Crippen LogP contribution in [0.15, 0.2) is 24.5 Å². The first-order valence-corrected chi connectivity index (χ1v) is 6.28. The molecule has 1 aromatic heterocycles. The van der Waals surface area contributed by atoms with Crippen molar-refractivity contribution in [2.45, 2.75) is 33.2 Å². The second kappa shape index (κ2) is 4.94. The molecule has 0 radical (unpaired) electrons. The first-order valence-electron chi connectivity index (χ1n) is 6.28. The minimum absolute atomic E-state index is 0.00620. The number of aryl methyl sites for hydroxylation is 4. The zero-order chi connectivity index (χ0) is 13.3. The van der Waals surface area contributed by atoms with Crippen molar-refractivity contribution >= 4 is 0 Å². The van der Waals surface area contributed by atoms with Crippen LogP contribution in [0.3, 0.4) is 0 Å². The van der Waals surface area contributed by atoms with E-state index in [4.69, 9.17) is 5.73 Å². The van der Waals surface area contributed by atoms with Gasteiger partial charge in [0.2, 0.25) is 0 Å². The third kappa shape index (κ3) is 2.46. The van der Waals surface area contributed by atoms with Gasteiger partial charge in [0.15, 0.2) is 0 Å². The van der Waals surface area contributed by atoms with Crippen molar-refractivity contribution in [3.8, 4) is 0 Å². The van der Waals surface area contributed by atoms with Gasteiger partial charge < -0.3 is 10.3 Å². The Morgan fingerprint density at radius 2 is 1.83 bits per heavy atom. The number of rotatable bonds is 3. The van der Waals surface area contributed by atoms with Gasteiger partial charge in [-0.2, -0.15) is 0 Å². The van der Waals surface area contributed by atoms with Gasteiger partial charge in [0.05, 0.1) is 0 Å². The highest BCUT2D eigenvalue weighted by Gasteiger charge is 2.14. The summed E-state index contributed by atoms with van der Waals surface area (Å²) in [7, 11) is 2.00. The van der Waals surface area contributed by atoms with E-state index in [2.05, 4.69) is 37.9 Å². The molecule has 1 atom stereocenters. The molecular formula is C15H21N3. The summed E-state index contributed by atoms with van der Waals surface area (Å²) in [5, 5.41) is 0. The molecule has 3 heteroatoms. The smallest absolute Gasteiger partial charge is 0.110 e. The number of benzene rings is 1. The van der Waals surface area contributed by atoms with Crippen molar-refractivity contribution in [2.24, 2.45) is 12.8 Å². The maximum atomic E-state index is 6.35. The Kier molecular flexibility index (Phi) is 3.53. The third-order valence-corrected chi connectivity index (χ3v) is 3.43. The molecule has 1 heterocycles. The summed E-state index contributed by atoms with van der Waals surface area (Å²) < 4.78 is 2.03. The highest BCUT2D eigenvalue weighted by molar-refractivity contribution is 5.39. The van der Waals surface area contributed by atoms with E-state index in [0.717, 1.165) is 12.2 Å². The van der Waals surface area contributed by atoms with Gasteiger partial charge in [-0.1, -0.05) is 17.7 Å². The average molecular weight is 243 g/mol. The second-order valence-electron chi connectivity index (χ2n) is 5.08. The fraction of sp³-hybridized carbons (Fsp3) is 0.400. The van der Waals surface area contributed by atoms with Crippen LogP contribution in [0.5, 0.6) is 0 Å². The highest BCUT2D eigenvalue weighted by Crippen LogP contribution is 2.24. The SMILES string of the molecule is Cc1cc(C)c(C(N)Cc2nccn2C)c(C)c1. The van der Waals surface area contributed by atoms with Gasteiger partial charge >= 0.3 is 0 Å². The minimum Gasteiger partial charge on any atom is -0.338 e. The summed E-state index contributed by atoms with van der Waals surface area (Å²) in [5.74, 6) is 1.03. The van der Waals surface area contributed by atoms with Crippen LogP contribution in [0.2, 0.25) is 0 Å². The molecule has 0 aliphatic heterocycles. The van der Waals surface area contributed by atoms with Gasteiger partial charge in [-0.25, -0.2) is 4.98 Å². The standard InChI is InChI=1S/C15H21N3/c1-10-7-11(2)15(12(3)8-10)13(16)9-14-17-5-6-18(14)4/h5-8,13H,9,16H2,1-4H3. The number of hydrogen-bond donors (Lipinski definition) is 1. The molecule has 0 aliphatic carbocycles. The fourth-order valence-electron chi connectivity index (χ4n) is 2.67. The Bertz CT molecular complexity index is 532. The van der Waals surface area contributed by atoms with Gasteiger partial charge in [-0.15, -0.1) is 0 Å². The zero-order valence-electron chi connectivity index (χ0n) is 11.6. The van der Waals surface area contributed by atoms with E-state index >= 15 is 0 Å². The molecule has 2 rings (SSSR count). The predicted octanol–water partition coefficient (Wildman–Crippen LogP) is 2.59. The molecule has 1 aromatic carbocycles. The van der Waals surface area contributed by atoms with Crippen molar-refractivity contribution in [3.63, 3.8) is 0 Å². The first-order chi connectivity index (χ1) is 8.49. The molecule has 2 N–H and O–H groups in total. The summed E-state index contributed by atoms with van der Waals surface area (Å²) >= 11 is 0. The second-order valence-corrected chi connectivity index (χ2v) is 5.08. The summed E-state index contributed by atoms with van der Waals surface area (Å²) in [5.41, 5.74) is 11.4. The maximum Gasteiger partial charge on any atom is 0.110 e. The molecule has 1 unspecified atom stereocenters. The average Bonchev–Trinajstić information content (AvgIpc) is 2.62. The molecule has 0 bridgehead atoms. The molecule has 0 aliphatic rings. The summed E-state index contributed by atoms with van der Waals surface area (Å²) in [6, 6.07) is 4.40. The topological polar surface area (TPSA) is 43.8 Å². The molecule has 96 valence electrons. The molecule has 0 saturated heterocycles. The van der Waals surface area contributed by atoms with E-state index in [1.807, 2.05) is 24.0 Å². The summed E-state index contributed by atoms with van der Waals surface area (Å²) in [6.07, 6.45) is 4.54. The van der Waals surface area contributed by atoms with Gasteiger partial charge in [0.1, 0.15) is 5.82 Å². The Morgan fingerprint density at radius 3 is 2.33 bits per heavy atom. The van der Waals surface area contributed by atoms with E-state index in [1.165, 1.54) is 22.3 Å². The quantitative estimate of drug-likeness (QED) is 0.900. The summed E-state index contributed by atoms with van der Waals surface area (Å²) in [6.45, 7) is 6.38. The molecule has 18 heavy (non-hydrogen) atoms. The van der Waals surface area contributed by atoms with Crippen molar-refractivity contribution in [3.05, 3.63) is 52.6 Å². The normalized spacial score (nSPS) is 12.7. The fourth-order valence-corrected chi connectivity index (χ4v) is 2.67. The molecule has 0 saturated carbocycles. The number of nitrogens with two attached hydrogens (primary N) is 1. The lowest BCUT2D eigenvalue weighted by molar-refractivity contribution is 0.653. The van der Waals surface area contributed by atoms with Gasteiger partial charge in [0.25, 0.3) is 0 Å². The van der Waals surface area contributed by atoms with Gasteiger partial charge in [0, 0.05) is 31.9 Å². The Labute approximate surface area is 109 Å². The molecule has 0 spiro atoms. The molecule has 2 aromatic rings. The zero-order valence-corrected chi connectivity index (χ0v) is 11.6. The number of imidazole rings is 1. The van der Waals surface area contributed by atoms with Crippen LogP contribution >= 0.6 is 0 Å². The van der Waals surface area contributed by atoms with E-state index in [-0.39, 0.29) is 6.04 Å². The number of aromatic nitrogens is 2. The molecular weight excluding hydrogens is 222 g/mol. The summed E-state index contributed by atoms with van der Waals surface area (Å²) in [4.78, 5) is 4.34. The van der Waals surface area contributed by atoms with Gasteiger partial charge in [-0.3, -0.25) is 0 Å².